The van der Waals surface area contributed by atoms with Crippen molar-refractivity contribution in [1.29, 1.82) is 0 Å². The fourth-order valence-electron chi connectivity index (χ4n) is 3.07. The monoisotopic (exact) mass is 352 g/mol. The molecule has 2 aromatic rings. The summed E-state index contributed by atoms with van der Waals surface area (Å²) in [5, 5.41) is 20.5. The van der Waals surface area contributed by atoms with Gasteiger partial charge in [-0.25, -0.2) is 0 Å². The molecule has 2 atom stereocenters. The molecule has 1 fully saturated rings. The first-order valence-electron chi connectivity index (χ1n) is 8.34. The van der Waals surface area contributed by atoms with Gasteiger partial charge < -0.3 is 15.1 Å². The number of aliphatic hydroxyl groups excluding tert-OH is 2. The summed E-state index contributed by atoms with van der Waals surface area (Å²) in [6.45, 7) is 3.42. The summed E-state index contributed by atoms with van der Waals surface area (Å²) < 4.78 is 0. The molecule has 0 radical (unpaired) electrons. The highest BCUT2D eigenvalue weighted by Gasteiger charge is 2.46. The topological polar surface area (TPSA) is 90.7 Å². The number of nitrogens with zero attached hydrogens (tertiary/aromatic N) is 2. The van der Waals surface area contributed by atoms with Gasteiger partial charge in [0.25, 0.3) is 11.7 Å². The highest BCUT2D eigenvalue weighted by molar-refractivity contribution is 6.46. The van der Waals surface area contributed by atoms with E-state index in [1.165, 1.54) is 11.8 Å². The molecular weight excluding hydrogens is 332 g/mol. The number of Topliss-reactive ketones (excluding diaryl/α,β-unsaturated/α-hetero) is 1. The number of aromatic nitrogens is 1. The summed E-state index contributed by atoms with van der Waals surface area (Å²) in [6, 6.07) is 11.3. The lowest BCUT2D eigenvalue weighted by Crippen LogP contribution is -2.35. The van der Waals surface area contributed by atoms with Crippen molar-refractivity contribution in [1.82, 2.24) is 9.88 Å². The van der Waals surface area contributed by atoms with Crippen LogP contribution in [0.5, 0.6) is 0 Å². The van der Waals surface area contributed by atoms with E-state index in [1.807, 2.05) is 19.1 Å². The van der Waals surface area contributed by atoms with Crippen molar-refractivity contribution < 1.29 is 19.8 Å². The number of hydrogen-bond donors (Lipinski definition) is 2. The maximum atomic E-state index is 12.6. The number of pyridine rings is 1. The van der Waals surface area contributed by atoms with Gasteiger partial charge in [-0.15, -0.1) is 0 Å². The molecule has 1 amide bonds. The molecule has 2 heterocycles. The van der Waals surface area contributed by atoms with Gasteiger partial charge in [0.05, 0.1) is 17.4 Å². The van der Waals surface area contributed by atoms with Crippen LogP contribution in [0.3, 0.4) is 0 Å². The van der Waals surface area contributed by atoms with Gasteiger partial charge in [0.1, 0.15) is 11.8 Å². The van der Waals surface area contributed by atoms with Crippen LogP contribution in [0.4, 0.5) is 0 Å². The van der Waals surface area contributed by atoms with E-state index in [0.29, 0.717) is 11.3 Å². The van der Waals surface area contributed by atoms with E-state index in [0.717, 1.165) is 5.56 Å². The first kappa shape index (κ1) is 17.8. The van der Waals surface area contributed by atoms with Crippen molar-refractivity contribution in [3.8, 4) is 0 Å². The largest absolute Gasteiger partial charge is 0.507 e. The fraction of sp³-hybridized carbons (Fsp3) is 0.250. The van der Waals surface area contributed by atoms with Crippen molar-refractivity contribution in [3.63, 3.8) is 0 Å². The molecule has 0 saturated carbocycles. The number of β-amino-alcohol motifs (C(OH)–C–C–N with tert-alkyl or cyclic N) is 1. The molecule has 0 spiro atoms. The van der Waals surface area contributed by atoms with Crippen LogP contribution in [0.25, 0.3) is 5.76 Å². The fourth-order valence-corrected chi connectivity index (χ4v) is 3.07. The minimum atomic E-state index is -0.841. The van der Waals surface area contributed by atoms with Gasteiger partial charge in [-0.1, -0.05) is 35.9 Å². The number of amides is 1. The number of likely N-dealkylation sites (tertiary alicyclic amines) is 1. The predicted octanol–water partition coefficient (Wildman–Crippen LogP) is 2.19. The Balaban J connectivity index is 2.17. The summed E-state index contributed by atoms with van der Waals surface area (Å²) in [5.41, 5.74) is 1.91. The smallest absolute Gasteiger partial charge is 0.295 e. The normalized spacial score (nSPS) is 20.4. The maximum Gasteiger partial charge on any atom is 0.295 e. The molecule has 0 aliphatic carbocycles. The molecule has 2 N–H and O–H groups in total. The Labute approximate surface area is 151 Å². The Morgan fingerprint density at radius 1 is 1.19 bits per heavy atom. The average molecular weight is 352 g/mol. The molecule has 26 heavy (non-hydrogen) atoms. The van der Waals surface area contributed by atoms with E-state index >= 15 is 0 Å². The van der Waals surface area contributed by atoms with Gasteiger partial charge in [0.15, 0.2) is 0 Å². The van der Waals surface area contributed by atoms with E-state index in [1.54, 1.807) is 36.5 Å². The van der Waals surface area contributed by atoms with Crippen LogP contribution in [-0.4, -0.2) is 44.4 Å². The SMILES string of the molecule is Cc1ccc(C(O)=C2C(=O)C(=O)N(C[C@@H](C)O)[C@H]2c2ccccn2)cc1. The molecule has 0 bridgehead atoms. The quantitative estimate of drug-likeness (QED) is 0.500. The van der Waals surface area contributed by atoms with Crippen LogP contribution < -0.4 is 0 Å². The highest BCUT2D eigenvalue weighted by atomic mass is 16.3. The molecular formula is C20H20N2O4. The molecule has 6 heteroatoms. The molecule has 1 aromatic heterocycles. The standard InChI is InChI=1S/C20H20N2O4/c1-12-6-8-14(9-7-12)18(24)16-17(15-5-3-4-10-21-15)22(11-13(2)23)20(26)19(16)25/h3-10,13,17,23-24H,11H2,1-2H3/t13-,17+/m1/s1. The molecule has 6 nitrogen and oxygen atoms in total. The van der Waals surface area contributed by atoms with Crippen molar-refractivity contribution in [2.75, 3.05) is 6.54 Å². The van der Waals surface area contributed by atoms with Crippen molar-refractivity contribution >= 4 is 17.4 Å². The first-order chi connectivity index (χ1) is 12.4. The summed E-state index contributed by atoms with van der Waals surface area (Å²) in [6.07, 6.45) is 0.739. The van der Waals surface area contributed by atoms with Crippen LogP contribution in [0, 0.1) is 6.92 Å². The number of carbonyl (C=O) groups is 2. The van der Waals surface area contributed by atoms with E-state index in [4.69, 9.17) is 0 Å². The molecule has 0 unspecified atom stereocenters. The number of aliphatic hydroxyl groups is 2. The first-order valence-corrected chi connectivity index (χ1v) is 8.34. The third kappa shape index (κ3) is 3.23. The minimum Gasteiger partial charge on any atom is -0.507 e. The Hall–Kier alpha value is -2.99. The third-order valence-electron chi connectivity index (χ3n) is 4.29. The zero-order chi connectivity index (χ0) is 18.8. The summed E-state index contributed by atoms with van der Waals surface area (Å²) >= 11 is 0. The van der Waals surface area contributed by atoms with Crippen LogP contribution in [0.2, 0.25) is 0 Å². The van der Waals surface area contributed by atoms with Gasteiger partial charge in [-0.2, -0.15) is 0 Å². The molecule has 1 aromatic carbocycles. The van der Waals surface area contributed by atoms with Gasteiger partial charge in [-0.05, 0) is 26.0 Å². The second kappa shape index (κ2) is 7.09. The maximum absolute atomic E-state index is 12.6. The number of rotatable bonds is 4. The number of carbonyl (C=O) groups excluding carboxylic acids is 2. The Morgan fingerprint density at radius 2 is 1.88 bits per heavy atom. The molecule has 134 valence electrons. The lowest BCUT2D eigenvalue weighted by Gasteiger charge is -2.25. The summed E-state index contributed by atoms with van der Waals surface area (Å²) in [4.78, 5) is 30.7. The lowest BCUT2D eigenvalue weighted by atomic mass is 9.98. The molecule has 3 rings (SSSR count). The zero-order valence-corrected chi connectivity index (χ0v) is 14.6. The van der Waals surface area contributed by atoms with Crippen LogP contribution in [0.1, 0.15) is 29.8 Å². The van der Waals surface area contributed by atoms with Gasteiger partial charge in [-0.3, -0.25) is 14.6 Å². The van der Waals surface area contributed by atoms with Crippen LogP contribution in [0.15, 0.2) is 54.2 Å². The summed E-state index contributed by atoms with van der Waals surface area (Å²) in [7, 11) is 0. The molecule has 1 saturated heterocycles. The number of benzene rings is 1. The van der Waals surface area contributed by atoms with Crippen molar-refractivity contribution in [3.05, 3.63) is 71.1 Å². The molecule has 1 aliphatic heterocycles. The van der Waals surface area contributed by atoms with Crippen molar-refractivity contribution in [2.45, 2.75) is 26.0 Å². The Kier molecular flexibility index (Phi) is 4.86. The second-order valence-electron chi connectivity index (χ2n) is 6.42. The average Bonchev–Trinajstić information content (AvgIpc) is 2.87. The zero-order valence-electron chi connectivity index (χ0n) is 14.6. The lowest BCUT2D eigenvalue weighted by molar-refractivity contribution is -0.140. The van der Waals surface area contributed by atoms with Gasteiger partial charge in [0.2, 0.25) is 0 Å². The van der Waals surface area contributed by atoms with E-state index in [-0.39, 0.29) is 17.9 Å². The van der Waals surface area contributed by atoms with E-state index in [2.05, 4.69) is 4.98 Å². The predicted molar refractivity (Wildman–Crippen MR) is 96.1 cm³/mol. The number of aryl methyl sites for hydroxylation is 1. The van der Waals surface area contributed by atoms with Gasteiger partial charge in [0, 0.05) is 18.3 Å². The number of hydrogen-bond acceptors (Lipinski definition) is 5. The Morgan fingerprint density at radius 3 is 2.46 bits per heavy atom. The van der Waals surface area contributed by atoms with E-state index in [9.17, 15) is 19.8 Å². The van der Waals surface area contributed by atoms with E-state index < -0.39 is 23.8 Å². The van der Waals surface area contributed by atoms with Crippen LogP contribution in [-0.2, 0) is 9.59 Å². The third-order valence-corrected chi connectivity index (χ3v) is 4.29. The van der Waals surface area contributed by atoms with Crippen LogP contribution >= 0.6 is 0 Å². The Bertz CT molecular complexity index is 857. The molecule has 1 aliphatic rings. The summed E-state index contributed by atoms with van der Waals surface area (Å²) in [5.74, 6) is -1.78. The number of ketones is 1. The second-order valence-corrected chi connectivity index (χ2v) is 6.42. The van der Waals surface area contributed by atoms with Crippen molar-refractivity contribution in [2.24, 2.45) is 0 Å². The highest BCUT2D eigenvalue weighted by Crippen LogP contribution is 2.38. The van der Waals surface area contributed by atoms with Gasteiger partial charge >= 0.3 is 0 Å². The minimum absolute atomic E-state index is 0.0156.